The molecule has 0 spiro atoms. The lowest BCUT2D eigenvalue weighted by molar-refractivity contribution is -0.122. The first kappa shape index (κ1) is 18.2. The molecule has 1 N–H and O–H groups in total. The smallest absolute Gasteiger partial charge is 0.229 e. The molecule has 3 aromatic rings. The molecule has 28 heavy (non-hydrogen) atoms. The highest BCUT2D eigenvalue weighted by atomic mass is 35.5. The zero-order valence-corrected chi connectivity index (χ0v) is 15.8. The van der Waals surface area contributed by atoms with E-state index in [2.05, 4.69) is 15.5 Å². The van der Waals surface area contributed by atoms with Gasteiger partial charge < -0.3 is 14.7 Å². The summed E-state index contributed by atoms with van der Waals surface area (Å²) in [5.74, 6) is 0.208. The molecule has 1 saturated heterocycles. The fourth-order valence-electron chi connectivity index (χ4n) is 3.14. The van der Waals surface area contributed by atoms with Crippen LogP contribution in [0.2, 0.25) is 5.02 Å². The van der Waals surface area contributed by atoms with Gasteiger partial charge in [0.15, 0.2) is 0 Å². The van der Waals surface area contributed by atoms with E-state index in [1.54, 1.807) is 36.1 Å². The Hall–Kier alpha value is -3.19. The topological polar surface area (TPSA) is 88.3 Å². The minimum atomic E-state index is -0.431. The molecule has 1 atom stereocenters. The normalized spacial score (nSPS) is 16.4. The Kier molecular flexibility index (Phi) is 4.83. The Balaban J connectivity index is 1.49. The summed E-state index contributed by atoms with van der Waals surface area (Å²) >= 11 is 5.86. The molecule has 1 aliphatic rings. The quantitative estimate of drug-likeness (QED) is 0.726. The largest absolute Gasteiger partial charge is 0.339 e. The number of hydrogen-bond acceptors (Lipinski definition) is 5. The lowest BCUT2D eigenvalue weighted by Gasteiger charge is -2.17. The lowest BCUT2D eigenvalue weighted by Crippen LogP contribution is -2.28. The predicted molar refractivity (Wildman–Crippen MR) is 105 cm³/mol. The number of anilines is 2. The molecule has 8 heteroatoms. The van der Waals surface area contributed by atoms with E-state index in [9.17, 15) is 9.59 Å². The zero-order valence-electron chi connectivity index (χ0n) is 15.1. The zero-order chi connectivity index (χ0) is 19.7. The molecule has 2 aromatic carbocycles. The van der Waals surface area contributed by atoms with Crippen LogP contribution in [0.3, 0.4) is 0 Å². The second-order valence-electron chi connectivity index (χ2n) is 6.59. The predicted octanol–water partition coefficient (Wildman–Crippen LogP) is 3.69. The third kappa shape index (κ3) is 3.75. The van der Waals surface area contributed by atoms with Gasteiger partial charge in [0.25, 0.3) is 0 Å². The number of halogens is 1. The Labute approximate surface area is 166 Å². The summed E-state index contributed by atoms with van der Waals surface area (Å²) in [5.41, 5.74) is 2.10. The van der Waals surface area contributed by atoms with E-state index >= 15 is 0 Å². The van der Waals surface area contributed by atoms with Crippen LogP contribution in [-0.2, 0) is 9.59 Å². The fourth-order valence-corrected chi connectivity index (χ4v) is 3.27. The molecule has 0 saturated carbocycles. The first-order valence-corrected chi connectivity index (χ1v) is 9.15. The summed E-state index contributed by atoms with van der Waals surface area (Å²) in [5, 5.41) is 7.34. The van der Waals surface area contributed by atoms with Gasteiger partial charge in [0, 0.05) is 41.9 Å². The van der Waals surface area contributed by atoms with Gasteiger partial charge in [0.1, 0.15) is 0 Å². The van der Waals surface area contributed by atoms with Crippen LogP contribution in [-0.4, -0.2) is 28.5 Å². The maximum atomic E-state index is 12.6. The van der Waals surface area contributed by atoms with Crippen LogP contribution in [0.25, 0.3) is 11.4 Å². The minimum Gasteiger partial charge on any atom is -0.339 e. The molecule has 0 bridgehead atoms. The van der Waals surface area contributed by atoms with Crippen LogP contribution in [0.15, 0.2) is 53.1 Å². The van der Waals surface area contributed by atoms with Crippen molar-refractivity contribution >= 4 is 34.8 Å². The van der Waals surface area contributed by atoms with E-state index in [1.165, 1.54) is 0 Å². The summed E-state index contributed by atoms with van der Waals surface area (Å²) in [6, 6.07) is 14.2. The van der Waals surface area contributed by atoms with Crippen LogP contribution >= 0.6 is 11.6 Å². The van der Waals surface area contributed by atoms with Crippen molar-refractivity contribution in [1.29, 1.82) is 0 Å². The molecule has 7 nitrogen and oxygen atoms in total. The van der Waals surface area contributed by atoms with Crippen LogP contribution in [0.5, 0.6) is 0 Å². The van der Waals surface area contributed by atoms with E-state index in [1.807, 2.05) is 24.3 Å². The summed E-state index contributed by atoms with van der Waals surface area (Å²) < 4.78 is 5.02. The van der Waals surface area contributed by atoms with Gasteiger partial charge in [-0.2, -0.15) is 4.98 Å². The molecule has 1 aromatic heterocycles. The van der Waals surface area contributed by atoms with Gasteiger partial charge in [-0.25, -0.2) is 0 Å². The van der Waals surface area contributed by atoms with Crippen molar-refractivity contribution in [3.8, 4) is 11.4 Å². The third-order valence-corrected chi connectivity index (χ3v) is 4.80. The molecule has 0 aliphatic carbocycles. The number of nitrogens with one attached hydrogen (secondary N) is 1. The average Bonchev–Trinajstić information content (AvgIpc) is 3.30. The number of carbonyl (C=O) groups excluding carboxylic acids is 2. The van der Waals surface area contributed by atoms with Crippen LogP contribution in [0.4, 0.5) is 11.4 Å². The number of amides is 2. The van der Waals surface area contributed by atoms with E-state index < -0.39 is 5.92 Å². The second kappa shape index (κ2) is 7.44. The van der Waals surface area contributed by atoms with Crippen molar-refractivity contribution in [2.45, 2.75) is 13.3 Å². The SMILES string of the molecule is Cc1nc(-c2cccc(N3C[C@H](C(=O)Nc4ccc(Cl)cc4)CC3=O)c2)no1. The number of benzene rings is 2. The lowest BCUT2D eigenvalue weighted by atomic mass is 10.1. The van der Waals surface area contributed by atoms with Gasteiger partial charge in [-0.05, 0) is 36.4 Å². The highest BCUT2D eigenvalue weighted by molar-refractivity contribution is 6.30. The van der Waals surface area contributed by atoms with Gasteiger partial charge in [0.2, 0.25) is 23.5 Å². The van der Waals surface area contributed by atoms with Gasteiger partial charge in [0.05, 0.1) is 5.92 Å². The number of nitrogens with zero attached hydrogens (tertiary/aromatic N) is 3. The Bertz CT molecular complexity index is 1030. The second-order valence-corrected chi connectivity index (χ2v) is 7.03. The first-order valence-electron chi connectivity index (χ1n) is 8.77. The molecule has 1 fully saturated rings. The van der Waals surface area contributed by atoms with E-state index in [4.69, 9.17) is 16.1 Å². The Morgan fingerprint density at radius 2 is 2.04 bits per heavy atom. The molecule has 142 valence electrons. The third-order valence-electron chi connectivity index (χ3n) is 4.55. The Morgan fingerprint density at radius 3 is 2.75 bits per heavy atom. The minimum absolute atomic E-state index is 0.0994. The standard InChI is InChI=1S/C20H17ClN4O3/c1-12-22-19(24-28-12)13-3-2-4-17(9-13)25-11-14(10-18(25)26)20(27)23-16-7-5-15(21)6-8-16/h2-9,14H,10-11H2,1H3,(H,23,27)/t14-/m1/s1. The van der Waals surface area contributed by atoms with E-state index in [0.29, 0.717) is 34.7 Å². The van der Waals surface area contributed by atoms with E-state index in [-0.39, 0.29) is 18.2 Å². The molecule has 2 heterocycles. The molecule has 1 aliphatic heterocycles. The van der Waals surface area contributed by atoms with Gasteiger partial charge in [-0.15, -0.1) is 0 Å². The average molecular weight is 397 g/mol. The highest BCUT2D eigenvalue weighted by Crippen LogP contribution is 2.29. The van der Waals surface area contributed by atoms with Gasteiger partial charge in [-0.1, -0.05) is 28.9 Å². The highest BCUT2D eigenvalue weighted by Gasteiger charge is 2.35. The molecule has 2 amide bonds. The first-order chi connectivity index (χ1) is 13.5. The number of hydrogen-bond donors (Lipinski definition) is 1. The summed E-state index contributed by atoms with van der Waals surface area (Å²) in [7, 11) is 0. The summed E-state index contributed by atoms with van der Waals surface area (Å²) in [6.45, 7) is 2.03. The number of carbonyl (C=O) groups is 2. The van der Waals surface area contributed by atoms with Crippen molar-refractivity contribution in [2.24, 2.45) is 5.92 Å². The molecule has 0 radical (unpaired) electrons. The Morgan fingerprint density at radius 1 is 1.25 bits per heavy atom. The van der Waals surface area contributed by atoms with Gasteiger partial charge in [-0.3, -0.25) is 9.59 Å². The summed E-state index contributed by atoms with van der Waals surface area (Å²) in [4.78, 5) is 30.9. The molecular formula is C20H17ClN4O3. The van der Waals surface area contributed by atoms with Crippen LogP contribution in [0, 0.1) is 12.8 Å². The molecular weight excluding hydrogens is 380 g/mol. The van der Waals surface area contributed by atoms with Gasteiger partial charge >= 0.3 is 0 Å². The number of rotatable bonds is 4. The van der Waals surface area contributed by atoms with Crippen LogP contribution < -0.4 is 10.2 Å². The maximum absolute atomic E-state index is 12.6. The van der Waals surface area contributed by atoms with E-state index in [0.717, 1.165) is 5.56 Å². The fraction of sp³-hybridized carbons (Fsp3) is 0.200. The van der Waals surface area contributed by atoms with Crippen LogP contribution in [0.1, 0.15) is 12.3 Å². The molecule has 0 unspecified atom stereocenters. The number of aryl methyl sites for hydroxylation is 1. The number of aromatic nitrogens is 2. The maximum Gasteiger partial charge on any atom is 0.229 e. The van der Waals surface area contributed by atoms with Crippen molar-refractivity contribution in [1.82, 2.24) is 10.1 Å². The van der Waals surface area contributed by atoms with Crippen molar-refractivity contribution < 1.29 is 14.1 Å². The van der Waals surface area contributed by atoms with Crippen molar-refractivity contribution in [2.75, 3.05) is 16.8 Å². The van der Waals surface area contributed by atoms with Crippen molar-refractivity contribution in [3.05, 3.63) is 59.4 Å². The summed E-state index contributed by atoms with van der Waals surface area (Å²) in [6.07, 6.45) is 0.158. The van der Waals surface area contributed by atoms with Crippen molar-refractivity contribution in [3.63, 3.8) is 0 Å². The monoisotopic (exact) mass is 396 g/mol. The molecule has 4 rings (SSSR count).